The smallest absolute Gasteiger partial charge is 0.414 e. The molecular weight excluding hydrogens is 382 g/mol. The van der Waals surface area contributed by atoms with Crippen LogP contribution in [0.25, 0.3) is 0 Å². The van der Waals surface area contributed by atoms with Crippen LogP contribution in [0.4, 0.5) is 5.69 Å². The number of hydrogen-bond donors (Lipinski definition) is 2. The van der Waals surface area contributed by atoms with E-state index >= 15 is 0 Å². The van der Waals surface area contributed by atoms with Crippen molar-refractivity contribution in [2.75, 3.05) is 26.2 Å². The molecule has 10 nitrogen and oxygen atoms in total. The number of non-ortho nitro benzene ring substituents is 1. The van der Waals surface area contributed by atoms with Gasteiger partial charge in [-0.25, -0.2) is 9.59 Å². The summed E-state index contributed by atoms with van der Waals surface area (Å²) in [4.78, 5) is 45.3. The molecule has 1 heterocycles. The number of benzene rings is 1. The molecule has 0 spiro atoms. The lowest BCUT2D eigenvalue weighted by Crippen LogP contribution is -2.52. The third kappa shape index (κ3) is 6.53. The molecule has 0 unspecified atom stereocenters. The first-order valence-corrected chi connectivity index (χ1v) is 9.53. The molecule has 2 N–H and O–H groups in total. The first kappa shape index (κ1) is 22.3. The number of amides is 1. The van der Waals surface area contributed by atoms with Crippen molar-refractivity contribution in [1.29, 1.82) is 0 Å². The van der Waals surface area contributed by atoms with Crippen molar-refractivity contribution < 1.29 is 29.5 Å². The Morgan fingerprint density at radius 1 is 0.897 bits per heavy atom. The number of aliphatic carboxylic acids is 2. The molecule has 1 amide bonds. The largest absolute Gasteiger partial charge is 0.473 e. The van der Waals surface area contributed by atoms with Crippen LogP contribution in [-0.2, 0) is 9.59 Å². The maximum atomic E-state index is 12.5. The summed E-state index contributed by atoms with van der Waals surface area (Å²) in [7, 11) is 0. The minimum absolute atomic E-state index is 0.0173. The van der Waals surface area contributed by atoms with Crippen molar-refractivity contribution in [2.45, 2.75) is 38.1 Å². The molecule has 10 heteroatoms. The zero-order valence-corrected chi connectivity index (χ0v) is 16.0. The zero-order valence-electron chi connectivity index (χ0n) is 16.0. The molecule has 1 saturated heterocycles. The predicted molar refractivity (Wildman–Crippen MR) is 103 cm³/mol. The molecule has 2 aliphatic rings. The Balaban J connectivity index is 0.000000438. The summed E-state index contributed by atoms with van der Waals surface area (Å²) in [5, 5.41) is 25.5. The molecule has 0 atom stereocenters. The van der Waals surface area contributed by atoms with Crippen molar-refractivity contribution in [3.8, 4) is 0 Å². The van der Waals surface area contributed by atoms with Crippen LogP contribution < -0.4 is 0 Å². The summed E-state index contributed by atoms with van der Waals surface area (Å²) in [5.41, 5.74) is 0.547. The molecular formula is C19H25N3O7. The molecule has 0 aromatic heterocycles. The van der Waals surface area contributed by atoms with Crippen LogP contribution in [0.3, 0.4) is 0 Å². The standard InChI is InChI=1S/C17H23N3O3.C2H2O4/c21-17(14-6-8-16(9-7-14)20(22)23)19-12-10-18(11-13-19)15-4-2-1-3-5-15;3-1(4)2(5)6/h6-9,15H,1-5,10-13H2;(H,3,4)(H,5,6). The lowest BCUT2D eigenvalue weighted by Gasteiger charge is -2.40. The second kappa shape index (κ2) is 10.5. The van der Waals surface area contributed by atoms with Gasteiger partial charge in [0.1, 0.15) is 0 Å². The number of rotatable bonds is 3. The number of piperazine rings is 1. The minimum Gasteiger partial charge on any atom is -0.473 e. The number of nitro benzene ring substituents is 1. The summed E-state index contributed by atoms with van der Waals surface area (Å²) in [6, 6.07) is 6.58. The van der Waals surface area contributed by atoms with E-state index in [2.05, 4.69) is 4.90 Å². The normalized spacial score (nSPS) is 17.7. The molecule has 1 aliphatic carbocycles. The van der Waals surface area contributed by atoms with E-state index in [1.807, 2.05) is 4.90 Å². The third-order valence-electron chi connectivity index (χ3n) is 5.20. The maximum Gasteiger partial charge on any atom is 0.414 e. The molecule has 158 valence electrons. The van der Waals surface area contributed by atoms with E-state index in [0.29, 0.717) is 11.6 Å². The van der Waals surface area contributed by atoms with E-state index in [9.17, 15) is 14.9 Å². The highest BCUT2D eigenvalue weighted by molar-refractivity contribution is 6.27. The fourth-order valence-corrected chi connectivity index (χ4v) is 3.64. The average molecular weight is 407 g/mol. The highest BCUT2D eigenvalue weighted by Gasteiger charge is 2.27. The number of nitro groups is 1. The number of hydrogen-bond acceptors (Lipinski definition) is 6. The molecule has 0 bridgehead atoms. The van der Waals surface area contributed by atoms with E-state index < -0.39 is 16.9 Å². The molecule has 29 heavy (non-hydrogen) atoms. The van der Waals surface area contributed by atoms with E-state index in [1.54, 1.807) is 12.1 Å². The summed E-state index contributed by atoms with van der Waals surface area (Å²) in [6.07, 6.45) is 6.58. The van der Waals surface area contributed by atoms with E-state index in [0.717, 1.165) is 26.2 Å². The molecule has 1 aliphatic heterocycles. The average Bonchev–Trinajstić information content (AvgIpc) is 2.74. The second-order valence-electron chi connectivity index (χ2n) is 7.03. The Kier molecular flexibility index (Phi) is 8.08. The lowest BCUT2D eigenvalue weighted by atomic mass is 9.94. The lowest BCUT2D eigenvalue weighted by molar-refractivity contribution is -0.384. The second-order valence-corrected chi connectivity index (χ2v) is 7.03. The van der Waals surface area contributed by atoms with Gasteiger partial charge in [0.05, 0.1) is 4.92 Å². The van der Waals surface area contributed by atoms with E-state index in [1.165, 1.54) is 44.2 Å². The summed E-state index contributed by atoms with van der Waals surface area (Å²) in [6.45, 7) is 3.35. The van der Waals surface area contributed by atoms with Crippen molar-refractivity contribution in [1.82, 2.24) is 9.80 Å². The predicted octanol–water partition coefficient (Wildman–Crippen LogP) is 1.84. The van der Waals surface area contributed by atoms with Crippen LogP contribution in [0.5, 0.6) is 0 Å². The molecule has 3 rings (SSSR count). The SMILES string of the molecule is O=C(O)C(=O)O.O=C(c1ccc([N+](=O)[O-])cc1)N1CCN(C2CCCCC2)CC1. The van der Waals surface area contributed by atoms with Crippen LogP contribution in [0.1, 0.15) is 42.5 Å². The zero-order chi connectivity index (χ0) is 21.4. The van der Waals surface area contributed by atoms with Crippen LogP contribution in [0.2, 0.25) is 0 Å². The quantitative estimate of drug-likeness (QED) is 0.439. The third-order valence-corrected chi connectivity index (χ3v) is 5.20. The summed E-state index contributed by atoms with van der Waals surface area (Å²) in [5.74, 6) is -3.67. The maximum absolute atomic E-state index is 12.5. The van der Waals surface area contributed by atoms with Crippen LogP contribution in [0, 0.1) is 10.1 Å². The van der Waals surface area contributed by atoms with Gasteiger partial charge in [0.15, 0.2) is 0 Å². The van der Waals surface area contributed by atoms with Crippen molar-refractivity contribution in [3.05, 3.63) is 39.9 Å². The van der Waals surface area contributed by atoms with Gasteiger partial charge in [0, 0.05) is 49.9 Å². The fourth-order valence-electron chi connectivity index (χ4n) is 3.64. The van der Waals surface area contributed by atoms with Crippen LogP contribution in [0.15, 0.2) is 24.3 Å². The number of carbonyl (C=O) groups excluding carboxylic acids is 1. The molecule has 1 aromatic carbocycles. The number of carboxylic acid groups (broad SMARTS) is 2. The molecule has 1 aromatic rings. The van der Waals surface area contributed by atoms with Gasteiger partial charge in [-0.1, -0.05) is 19.3 Å². The van der Waals surface area contributed by atoms with Gasteiger partial charge >= 0.3 is 11.9 Å². The topological polar surface area (TPSA) is 141 Å². The monoisotopic (exact) mass is 407 g/mol. The summed E-state index contributed by atoms with van der Waals surface area (Å²) >= 11 is 0. The number of carbonyl (C=O) groups is 3. The van der Waals surface area contributed by atoms with Gasteiger partial charge in [-0.2, -0.15) is 0 Å². The molecule has 0 radical (unpaired) electrons. The van der Waals surface area contributed by atoms with Gasteiger partial charge in [0.25, 0.3) is 11.6 Å². The Bertz CT molecular complexity index is 725. The van der Waals surface area contributed by atoms with Crippen LogP contribution >= 0.6 is 0 Å². The minimum atomic E-state index is -1.82. The van der Waals surface area contributed by atoms with Gasteiger partial charge in [-0.15, -0.1) is 0 Å². The Morgan fingerprint density at radius 2 is 1.41 bits per heavy atom. The van der Waals surface area contributed by atoms with E-state index in [-0.39, 0.29) is 11.6 Å². The van der Waals surface area contributed by atoms with E-state index in [4.69, 9.17) is 19.8 Å². The van der Waals surface area contributed by atoms with Gasteiger partial charge in [-0.05, 0) is 25.0 Å². The fraction of sp³-hybridized carbons (Fsp3) is 0.526. The van der Waals surface area contributed by atoms with Gasteiger partial charge < -0.3 is 15.1 Å². The first-order chi connectivity index (χ1) is 13.8. The molecule has 2 fully saturated rings. The van der Waals surface area contributed by atoms with Crippen molar-refractivity contribution >= 4 is 23.5 Å². The first-order valence-electron chi connectivity index (χ1n) is 9.53. The van der Waals surface area contributed by atoms with Gasteiger partial charge in [-0.3, -0.25) is 19.8 Å². The highest BCUT2D eigenvalue weighted by atomic mass is 16.6. The highest BCUT2D eigenvalue weighted by Crippen LogP contribution is 2.24. The summed E-state index contributed by atoms with van der Waals surface area (Å²) < 4.78 is 0. The van der Waals surface area contributed by atoms with Crippen molar-refractivity contribution in [2.24, 2.45) is 0 Å². The number of carboxylic acids is 2. The van der Waals surface area contributed by atoms with Crippen LogP contribution in [-0.4, -0.2) is 75.0 Å². The Morgan fingerprint density at radius 3 is 1.86 bits per heavy atom. The Labute approximate surface area is 167 Å². The Hall–Kier alpha value is -3.01. The van der Waals surface area contributed by atoms with Gasteiger partial charge in [0.2, 0.25) is 0 Å². The molecule has 1 saturated carbocycles. The number of nitrogens with zero attached hydrogens (tertiary/aromatic N) is 3. The van der Waals surface area contributed by atoms with Crippen molar-refractivity contribution in [3.63, 3.8) is 0 Å².